The van der Waals surface area contributed by atoms with Crippen molar-refractivity contribution in [3.05, 3.63) is 23.3 Å². The topological polar surface area (TPSA) is 37.8 Å². The molecule has 0 aliphatic carbocycles. The lowest BCUT2D eigenvalue weighted by atomic mass is 10.0. The molecule has 1 heterocycles. The summed E-state index contributed by atoms with van der Waals surface area (Å²) in [4.78, 5) is 9.19. The maximum absolute atomic E-state index is 4.72. The van der Waals surface area contributed by atoms with Crippen molar-refractivity contribution in [3.63, 3.8) is 0 Å². The first-order chi connectivity index (χ1) is 8.20. The van der Waals surface area contributed by atoms with Crippen molar-refractivity contribution in [2.75, 3.05) is 0 Å². The Kier molecular flexibility index (Phi) is 4.85. The van der Waals surface area contributed by atoms with E-state index in [1.54, 1.807) is 0 Å². The van der Waals surface area contributed by atoms with E-state index in [-0.39, 0.29) is 5.54 Å². The number of rotatable bonds is 4. The first-order valence-corrected chi connectivity index (χ1v) is 6.81. The standard InChI is InChI=1S/C15H27N3/c1-10(2)13-12(9-17-15(5,6)7)8-16-14(18-13)11(3)4/h8,10-11,17H,9H2,1-7H3. The van der Waals surface area contributed by atoms with Gasteiger partial charge in [0.25, 0.3) is 0 Å². The summed E-state index contributed by atoms with van der Waals surface area (Å²) >= 11 is 0. The van der Waals surface area contributed by atoms with Gasteiger partial charge in [-0.3, -0.25) is 0 Å². The van der Waals surface area contributed by atoms with Gasteiger partial charge in [-0.1, -0.05) is 27.7 Å². The zero-order chi connectivity index (χ0) is 13.9. The number of nitrogens with one attached hydrogen (secondary N) is 1. The Hall–Kier alpha value is -0.960. The molecule has 1 rings (SSSR count). The summed E-state index contributed by atoms with van der Waals surface area (Å²) < 4.78 is 0. The molecule has 0 spiro atoms. The fourth-order valence-electron chi connectivity index (χ4n) is 1.71. The highest BCUT2D eigenvalue weighted by Crippen LogP contribution is 2.19. The normalized spacial score (nSPS) is 12.5. The molecule has 0 aromatic carbocycles. The van der Waals surface area contributed by atoms with Gasteiger partial charge in [-0.2, -0.15) is 0 Å². The number of aromatic nitrogens is 2. The molecule has 1 aromatic heterocycles. The van der Waals surface area contributed by atoms with Crippen molar-refractivity contribution >= 4 is 0 Å². The third-order valence-electron chi connectivity index (χ3n) is 2.79. The second-order valence-corrected chi connectivity index (χ2v) is 6.55. The Labute approximate surface area is 111 Å². The van der Waals surface area contributed by atoms with Gasteiger partial charge in [-0.05, 0) is 26.7 Å². The molecule has 1 N–H and O–H groups in total. The molecule has 0 aliphatic heterocycles. The van der Waals surface area contributed by atoms with Crippen LogP contribution in [-0.4, -0.2) is 15.5 Å². The molecule has 0 radical (unpaired) electrons. The fraction of sp³-hybridized carbons (Fsp3) is 0.733. The minimum Gasteiger partial charge on any atom is -0.308 e. The summed E-state index contributed by atoms with van der Waals surface area (Å²) in [5.74, 6) is 1.76. The van der Waals surface area contributed by atoms with Crippen LogP contribution in [0.25, 0.3) is 0 Å². The van der Waals surface area contributed by atoms with Crippen LogP contribution in [0.2, 0.25) is 0 Å². The SMILES string of the molecule is CC(C)c1ncc(CNC(C)(C)C)c(C(C)C)n1. The van der Waals surface area contributed by atoms with Crippen LogP contribution in [0.3, 0.4) is 0 Å². The van der Waals surface area contributed by atoms with Gasteiger partial charge in [0.2, 0.25) is 0 Å². The van der Waals surface area contributed by atoms with Crippen LogP contribution in [0.4, 0.5) is 0 Å². The van der Waals surface area contributed by atoms with E-state index in [9.17, 15) is 0 Å². The van der Waals surface area contributed by atoms with Crippen LogP contribution in [0.5, 0.6) is 0 Å². The predicted molar refractivity (Wildman–Crippen MR) is 76.8 cm³/mol. The van der Waals surface area contributed by atoms with E-state index >= 15 is 0 Å². The smallest absolute Gasteiger partial charge is 0.131 e. The lowest BCUT2D eigenvalue weighted by Crippen LogP contribution is -2.35. The van der Waals surface area contributed by atoms with Crippen LogP contribution in [0.15, 0.2) is 6.20 Å². The highest BCUT2D eigenvalue weighted by atomic mass is 15.0. The monoisotopic (exact) mass is 249 g/mol. The minimum absolute atomic E-state index is 0.116. The average molecular weight is 249 g/mol. The van der Waals surface area contributed by atoms with Crippen molar-refractivity contribution in [2.45, 2.75) is 72.4 Å². The van der Waals surface area contributed by atoms with Crippen LogP contribution in [0.1, 0.15) is 77.4 Å². The molecule has 0 amide bonds. The number of hydrogen-bond donors (Lipinski definition) is 1. The molecule has 0 atom stereocenters. The first kappa shape index (κ1) is 15.1. The second-order valence-electron chi connectivity index (χ2n) is 6.55. The highest BCUT2D eigenvalue weighted by Gasteiger charge is 2.15. The zero-order valence-electron chi connectivity index (χ0n) is 12.8. The van der Waals surface area contributed by atoms with E-state index in [4.69, 9.17) is 4.98 Å². The van der Waals surface area contributed by atoms with Crippen LogP contribution >= 0.6 is 0 Å². The van der Waals surface area contributed by atoms with E-state index < -0.39 is 0 Å². The third kappa shape index (κ3) is 4.37. The van der Waals surface area contributed by atoms with Gasteiger partial charge in [0.05, 0.1) is 5.69 Å². The van der Waals surface area contributed by atoms with E-state index in [1.165, 1.54) is 11.3 Å². The largest absolute Gasteiger partial charge is 0.308 e. The molecule has 1 aromatic rings. The third-order valence-corrected chi connectivity index (χ3v) is 2.79. The van der Waals surface area contributed by atoms with Gasteiger partial charge in [0.15, 0.2) is 0 Å². The predicted octanol–water partition coefficient (Wildman–Crippen LogP) is 3.61. The molecule has 0 aliphatic rings. The van der Waals surface area contributed by atoms with E-state index in [2.05, 4.69) is 58.8 Å². The molecule has 0 unspecified atom stereocenters. The van der Waals surface area contributed by atoms with Gasteiger partial charge in [-0.25, -0.2) is 9.97 Å². The molecular weight excluding hydrogens is 222 g/mol. The first-order valence-electron chi connectivity index (χ1n) is 6.81. The molecule has 3 nitrogen and oxygen atoms in total. The minimum atomic E-state index is 0.116. The molecule has 18 heavy (non-hydrogen) atoms. The molecule has 0 fully saturated rings. The Balaban J connectivity index is 2.97. The zero-order valence-corrected chi connectivity index (χ0v) is 12.8. The number of hydrogen-bond acceptors (Lipinski definition) is 3. The lowest BCUT2D eigenvalue weighted by molar-refractivity contribution is 0.421. The molecular formula is C15H27N3. The summed E-state index contributed by atoms with van der Waals surface area (Å²) in [6.45, 7) is 16.0. The van der Waals surface area contributed by atoms with Crippen LogP contribution < -0.4 is 5.32 Å². The second kappa shape index (κ2) is 5.79. The Bertz CT molecular complexity index is 389. The van der Waals surface area contributed by atoms with E-state index in [1.807, 2.05) is 6.20 Å². The summed E-state index contributed by atoms with van der Waals surface area (Å²) in [7, 11) is 0. The van der Waals surface area contributed by atoms with Gasteiger partial charge < -0.3 is 5.32 Å². The van der Waals surface area contributed by atoms with Crippen molar-refractivity contribution in [1.82, 2.24) is 15.3 Å². The Morgan fingerprint density at radius 2 is 1.72 bits per heavy atom. The molecule has 3 heteroatoms. The van der Waals surface area contributed by atoms with E-state index in [0.717, 1.165) is 12.4 Å². The van der Waals surface area contributed by atoms with Gasteiger partial charge in [0.1, 0.15) is 5.82 Å². The van der Waals surface area contributed by atoms with Crippen LogP contribution in [0, 0.1) is 0 Å². The van der Waals surface area contributed by atoms with Crippen molar-refractivity contribution in [1.29, 1.82) is 0 Å². The maximum atomic E-state index is 4.72. The quantitative estimate of drug-likeness (QED) is 0.885. The van der Waals surface area contributed by atoms with E-state index in [0.29, 0.717) is 11.8 Å². The summed E-state index contributed by atoms with van der Waals surface area (Å²) in [5, 5.41) is 3.50. The summed E-state index contributed by atoms with van der Waals surface area (Å²) in [6.07, 6.45) is 1.98. The van der Waals surface area contributed by atoms with Crippen molar-refractivity contribution in [2.24, 2.45) is 0 Å². The lowest BCUT2D eigenvalue weighted by Gasteiger charge is -2.22. The number of nitrogens with zero attached hydrogens (tertiary/aromatic N) is 2. The average Bonchev–Trinajstić information content (AvgIpc) is 2.24. The van der Waals surface area contributed by atoms with Gasteiger partial charge >= 0.3 is 0 Å². The van der Waals surface area contributed by atoms with Crippen LogP contribution in [-0.2, 0) is 6.54 Å². The molecule has 102 valence electrons. The molecule has 0 saturated heterocycles. The fourth-order valence-corrected chi connectivity index (χ4v) is 1.71. The highest BCUT2D eigenvalue weighted by molar-refractivity contribution is 5.21. The maximum Gasteiger partial charge on any atom is 0.131 e. The summed E-state index contributed by atoms with van der Waals surface area (Å²) in [5.41, 5.74) is 2.50. The summed E-state index contributed by atoms with van der Waals surface area (Å²) in [6, 6.07) is 0. The Morgan fingerprint density at radius 1 is 1.11 bits per heavy atom. The Morgan fingerprint density at radius 3 is 2.17 bits per heavy atom. The van der Waals surface area contributed by atoms with Gasteiger partial charge in [0, 0.05) is 29.8 Å². The van der Waals surface area contributed by atoms with Crippen molar-refractivity contribution < 1.29 is 0 Å². The van der Waals surface area contributed by atoms with Crippen molar-refractivity contribution in [3.8, 4) is 0 Å². The van der Waals surface area contributed by atoms with Gasteiger partial charge in [-0.15, -0.1) is 0 Å². The molecule has 0 bridgehead atoms. The molecule has 0 saturated carbocycles.